The molecule has 0 fully saturated rings. The van der Waals surface area contributed by atoms with E-state index in [2.05, 4.69) is 5.32 Å². The van der Waals surface area contributed by atoms with Crippen molar-refractivity contribution in [2.45, 2.75) is 19.2 Å². The first-order valence-electron chi connectivity index (χ1n) is 8.86. The highest BCUT2D eigenvalue weighted by Gasteiger charge is 2.38. The van der Waals surface area contributed by atoms with E-state index in [9.17, 15) is 22.8 Å². The predicted octanol–water partition coefficient (Wildman–Crippen LogP) is 2.39. The Bertz CT molecular complexity index is 962. The number of nitrogen functional groups attached to an aromatic ring is 1. The number of benzene rings is 2. The van der Waals surface area contributed by atoms with Gasteiger partial charge in [0.05, 0.1) is 6.42 Å². The van der Waals surface area contributed by atoms with Crippen LogP contribution < -0.4 is 15.8 Å². The first-order valence-corrected chi connectivity index (χ1v) is 8.86. The quantitative estimate of drug-likeness (QED) is 0.301. The maximum Gasteiger partial charge on any atom is 0.490 e. The molecule has 2 rings (SSSR count). The third kappa shape index (κ3) is 9.61. The van der Waals surface area contributed by atoms with Crippen LogP contribution in [0.3, 0.4) is 0 Å². The van der Waals surface area contributed by atoms with E-state index in [1.807, 2.05) is 6.07 Å². The van der Waals surface area contributed by atoms with Gasteiger partial charge in [-0.15, -0.1) is 0 Å². The number of ether oxygens (including phenoxy) is 1. The van der Waals surface area contributed by atoms with E-state index in [0.717, 1.165) is 5.56 Å². The summed E-state index contributed by atoms with van der Waals surface area (Å²) in [5.41, 5.74) is 7.26. The number of rotatable bonds is 8. The molecule has 0 spiro atoms. The molecule has 0 atom stereocenters. The van der Waals surface area contributed by atoms with Crippen LogP contribution in [0.1, 0.15) is 27.9 Å². The number of amides is 1. The normalized spacial score (nSPS) is 10.3. The number of hydrogen-bond acceptors (Lipinski definition) is 5. The molecule has 32 heavy (non-hydrogen) atoms. The molecule has 172 valence electrons. The molecule has 0 radical (unpaired) electrons. The van der Waals surface area contributed by atoms with Gasteiger partial charge in [0, 0.05) is 17.7 Å². The highest BCUT2D eigenvalue weighted by Crippen LogP contribution is 2.15. The fourth-order valence-electron chi connectivity index (χ4n) is 2.08. The SMILES string of the molecule is N=C(N)c1ccc(OCc2cccc(C(=O)NCCC(=O)O)c2)cc1.O=C(O)C(F)(F)F. The fraction of sp³-hybridized carbons (Fsp3) is 0.200. The minimum absolute atomic E-state index is 0.00633. The maximum atomic E-state index is 12.0. The van der Waals surface area contributed by atoms with Crippen molar-refractivity contribution < 1.29 is 42.5 Å². The van der Waals surface area contributed by atoms with Gasteiger partial charge >= 0.3 is 18.1 Å². The lowest BCUT2D eigenvalue weighted by Crippen LogP contribution is -2.26. The molecule has 0 aromatic heterocycles. The number of aliphatic carboxylic acids is 2. The van der Waals surface area contributed by atoms with Gasteiger partial charge in [0.25, 0.3) is 5.91 Å². The molecule has 0 bridgehead atoms. The van der Waals surface area contributed by atoms with Crippen LogP contribution in [0.5, 0.6) is 5.75 Å². The Labute approximate surface area is 180 Å². The number of carbonyl (C=O) groups is 3. The van der Waals surface area contributed by atoms with E-state index in [4.69, 9.17) is 30.9 Å². The molecule has 0 aliphatic heterocycles. The van der Waals surface area contributed by atoms with Crippen molar-refractivity contribution in [3.8, 4) is 5.75 Å². The zero-order chi connectivity index (χ0) is 24.3. The largest absolute Gasteiger partial charge is 0.490 e. The second kappa shape index (κ2) is 11.9. The number of amidine groups is 1. The van der Waals surface area contributed by atoms with Crippen LogP contribution in [-0.2, 0) is 16.2 Å². The van der Waals surface area contributed by atoms with Gasteiger partial charge < -0.3 is 26.0 Å². The summed E-state index contributed by atoms with van der Waals surface area (Å²) >= 11 is 0. The van der Waals surface area contributed by atoms with Crippen LogP contribution >= 0.6 is 0 Å². The van der Waals surface area contributed by atoms with Crippen molar-refractivity contribution >= 4 is 23.7 Å². The molecular formula is C20H20F3N3O6. The lowest BCUT2D eigenvalue weighted by Gasteiger charge is -2.09. The van der Waals surface area contributed by atoms with Crippen molar-refractivity contribution in [1.29, 1.82) is 5.41 Å². The number of nitrogens with one attached hydrogen (secondary N) is 2. The Balaban J connectivity index is 0.000000633. The van der Waals surface area contributed by atoms with Gasteiger partial charge in [0.1, 0.15) is 18.2 Å². The fourth-order valence-corrected chi connectivity index (χ4v) is 2.08. The van der Waals surface area contributed by atoms with Crippen LogP contribution in [0, 0.1) is 5.41 Å². The summed E-state index contributed by atoms with van der Waals surface area (Å²) in [7, 11) is 0. The molecule has 0 heterocycles. The van der Waals surface area contributed by atoms with Crippen LogP contribution in [0.2, 0.25) is 0 Å². The van der Waals surface area contributed by atoms with Crippen molar-refractivity contribution in [2.75, 3.05) is 6.54 Å². The van der Waals surface area contributed by atoms with E-state index < -0.39 is 18.1 Å². The monoisotopic (exact) mass is 455 g/mol. The molecule has 0 unspecified atom stereocenters. The van der Waals surface area contributed by atoms with E-state index in [-0.39, 0.29) is 31.3 Å². The van der Waals surface area contributed by atoms with Crippen LogP contribution in [0.4, 0.5) is 13.2 Å². The summed E-state index contributed by atoms with van der Waals surface area (Å²) in [5, 5.41) is 25.6. The molecule has 0 aliphatic carbocycles. The zero-order valence-electron chi connectivity index (χ0n) is 16.5. The number of halogens is 3. The van der Waals surface area contributed by atoms with E-state index in [1.54, 1.807) is 42.5 Å². The predicted molar refractivity (Wildman–Crippen MR) is 107 cm³/mol. The van der Waals surface area contributed by atoms with Crippen molar-refractivity contribution in [2.24, 2.45) is 5.73 Å². The second-order valence-electron chi connectivity index (χ2n) is 6.13. The van der Waals surface area contributed by atoms with Gasteiger partial charge in [-0.1, -0.05) is 12.1 Å². The first-order chi connectivity index (χ1) is 14.9. The molecular weight excluding hydrogens is 435 g/mol. The van der Waals surface area contributed by atoms with Gasteiger partial charge in [0.2, 0.25) is 0 Å². The van der Waals surface area contributed by atoms with Crippen molar-refractivity contribution in [3.05, 3.63) is 65.2 Å². The Morgan fingerprint density at radius 3 is 2.12 bits per heavy atom. The van der Waals surface area contributed by atoms with E-state index >= 15 is 0 Å². The Hall–Kier alpha value is -4.09. The van der Waals surface area contributed by atoms with E-state index in [1.165, 1.54) is 0 Å². The Morgan fingerprint density at radius 2 is 1.62 bits per heavy atom. The standard InChI is InChI=1S/C18H19N3O4.C2HF3O2/c19-17(20)13-4-6-15(7-5-13)25-11-12-2-1-3-14(10-12)18(24)21-9-8-16(22)23;3-2(4,5)1(6)7/h1-7,10H,8-9,11H2,(H3,19,20)(H,21,24)(H,22,23);(H,6,7). The number of alkyl halides is 3. The summed E-state index contributed by atoms with van der Waals surface area (Å²) in [6.07, 6.45) is -5.20. The topological polar surface area (TPSA) is 163 Å². The molecule has 6 N–H and O–H groups in total. The molecule has 9 nitrogen and oxygen atoms in total. The van der Waals surface area contributed by atoms with Crippen molar-refractivity contribution in [3.63, 3.8) is 0 Å². The highest BCUT2D eigenvalue weighted by atomic mass is 19.4. The number of carboxylic acid groups (broad SMARTS) is 2. The van der Waals surface area contributed by atoms with Gasteiger partial charge in [-0.3, -0.25) is 15.0 Å². The highest BCUT2D eigenvalue weighted by molar-refractivity contribution is 5.95. The minimum Gasteiger partial charge on any atom is -0.489 e. The molecule has 1 amide bonds. The molecule has 12 heteroatoms. The number of hydrogen-bond donors (Lipinski definition) is 5. The van der Waals surface area contributed by atoms with Gasteiger partial charge in [-0.25, -0.2) is 4.79 Å². The molecule has 0 saturated heterocycles. The average molecular weight is 455 g/mol. The third-order valence-corrected chi connectivity index (χ3v) is 3.63. The zero-order valence-corrected chi connectivity index (χ0v) is 16.5. The summed E-state index contributed by atoms with van der Waals surface area (Å²) in [4.78, 5) is 31.3. The maximum absolute atomic E-state index is 12.0. The van der Waals surface area contributed by atoms with Gasteiger partial charge in [-0.2, -0.15) is 13.2 Å². The summed E-state index contributed by atoms with van der Waals surface area (Å²) in [6, 6.07) is 13.8. The number of carboxylic acids is 2. The molecule has 0 saturated carbocycles. The second-order valence-corrected chi connectivity index (χ2v) is 6.13. The van der Waals surface area contributed by atoms with Crippen LogP contribution in [0.15, 0.2) is 48.5 Å². The molecule has 2 aromatic rings. The summed E-state index contributed by atoms with van der Waals surface area (Å²) < 4.78 is 37.4. The first kappa shape index (κ1) is 25.9. The average Bonchev–Trinajstić information content (AvgIpc) is 2.72. The third-order valence-electron chi connectivity index (χ3n) is 3.63. The lowest BCUT2D eigenvalue weighted by molar-refractivity contribution is -0.192. The summed E-state index contributed by atoms with van der Waals surface area (Å²) in [6.45, 7) is 0.354. The number of nitrogens with two attached hydrogens (primary N) is 1. The van der Waals surface area contributed by atoms with E-state index in [0.29, 0.717) is 16.9 Å². The van der Waals surface area contributed by atoms with Crippen LogP contribution in [0.25, 0.3) is 0 Å². The van der Waals surface area contributed by atoms with Gasteiger partial charge in [0.15, 0.2) is 0 Å². The smallest absolute Gasteiger partial charge is 0.489 e. The minimum atomic E-state index is -5.08. The van der Waals surface area contributed by atoms with Crippen LogP contribution in [-0.4, -0.2) is 46.6 Å². The summed E-state index contributed by atoms with van der Waals surface area (Å²) in [5.74, 6) is -3.42. The van der Waals surface area contributed by atoms with Crippen molar-refractivity contribution in [1.82, 2.24) is 5.32 Å². The Kier molecular flexibility index (Phi) is 9.67. The number of carbonyl (C=O) groups excluding carboxylic acids is 1. The van der Waals surface area contributed by atoms with Gasteiger partial charge in [-0.05, 0) is 42.0 Å². The lowest BCUT2D eigenvalue weighted by atomic mass is 10.1. The Morgan fingerprint density at radius 1 is 1.03 bits per heavy atom. The molecule has 2 aromatic carbocycles. The molecule has 0 aliphatic rings.